The number of aromatic nitrogens is 1. The van der Waals surface area contributed by atoms with Crippen LogP contribution in [0.4, 0.5) is 16.4 Å². The molecule has 3 heteroatoms. The van der Waals surface area contributed by atoms with Crippen molar-refractivity contribution in [2.24, 2.45) is 0 Å². The van der Waals surface area contributed by atoms with Crippen molar-refractivity contribution < 1.29 is 6.85 Å². The van der Waals surface area contributed by atoms with E-state index in [0.717, 1.165) is 49.1 Å². The highest BCUT2D eigenvalue weighted by Gasteiger charge is 2.18. The summed E-state index contributed by atoms with van der Waals surface area (Å²) in [5.74, 6) is 0. The second-order valence-electron chi connectivity index (χ2n) is 11.9. The molecular weight excluding hydrogens is 613 g/mol. The lowest BCUT2D eigenvalue weighted by Crippen LogP contribution is -2.08. The maximum atomic E-state index is 8.52. The van der Waals surface area contributed by atoms with Crippen LogP contribution in [-0.4, -0.2) is 4.57 Å². The molecule has 0 radical (unpaired) electrons. The van der Waals surface area contributed by atoms with Crippen molar-refractivity contribution in [3.05, 3.63) is 194 Å². The molecule has 0 saturated heterocycles. The van der Waals surface area contributed by atoms with Crippen LogP contribution < -0.4 is 4.90 Å². The van der Waals surface area contributed by atoms with Crippen LogP contribution in [0, 0.1) is 0 Å². The zero-order chi connectivity index (χ0) is 36.9. The average Bonchev–Trinajstić information content (AvgIpc) is 3.84. The summed E-state index contributed by atoms with van der Waals surface area (Å²) in [7, 11) is 0. The number of nitrogens with zero attached hydrogens (tertiary/aromatic N) is 2. The van der Waals surface area contributed by atoms with Crippen molar-refractivity contribution in [1.29, 1.82) is 0 Å². The number of benzene rings is 7. The number of fused-ring (bicyclic) bond motifs is 3. The van der Waals surface area contributed by atoms with Crippen LogP contribution >= 0.6 is 11.3 Å². The lowest BCUT2D eigenvalue weighted by molar-refractivity contribution is 1.18. The van der Waals surface area contributed by atoms with Gasteiger partial charge in [0.15, 0.2) is 0 Å². The summed E-state index contributed by atoms with van der Waals surface area (Å²) in [6.07, 6.45) is 0. The fourth-order valence-corrected chi connectivity index (χ4v) is 7.64. The molecule has 0 spiro atoms. The van der Waals surface area contributed by atoms with Gasteiger partial charge in [-0.25, -0.2) is 0 Å². The lowest BCUT2D eigenvalue weighted by atomic mass is 10.0. The highest BCUT2D eigenvalue weighted by molar-refractivity contribution is 7.19. The van der Waals surface area contributed by atoms with Gasteiger partial charge in [0.1, 0.15) is 5.00 Å². The van der Waals surface area contributed by atoms with Crippen LogP contribution in [0.1, 0.15) is 6.85 Å². The minimum Gasteiger partial charge on any atom is -0.309 e. The molecule has 0 atom stereocenters. The summed E-state index contributed by atoms with van der Waals surface area (Å²) >= 11 is 1.70. The van der Waals surface area contributed by atoms with Crippen LogP contribution in [0.15, 0.2) is 194 Å². The molecule has 0 amide bonds. The van der Waals surface area contributed by atoms with E-state index in [4.69, 9.17) is 6.85 Å². The van der Waals surface area contributed by atoms with Crippen molar-refractivity contribution in [1.82, 2.24) is 4.57 Å². The van der Waals surface area contributed by atoms with Gasteiger partial charge in [-0.1, -0.05) is 133 Å². The molecule has 9 aromatic rings. The Morgan fingerprint density at radius 1 is 0.449 bits per heavy atom. The van der Waals surface area contributed by atoms with Gasteiger partial charge in [-0.15, -0.1) is 11.3 Å². The minimum absolute atomic E-state index is 0.188. The zero-order valence-electron chi connectivity index (χ0n) is 31.4. The third kappa shape index (κ3) is 5.41. The molecule has 2 aromatic heterocycles. The maximum Gasteiger partial charge on any atom is 0.101 e. The molecule has 0 aliphatic carbocycles. The van der Waals surface area contributed by atoms with Crippen molar-refractivity contribution in [2.45, 2.75) is 0 Å². The Hall–Kier alpha value is -6.16. The van der Waals surface area contributed by atoms with Crippen LogP contribution in [-0.2, 0) is 0 Å². The Labute approximate surface area is 297 Å². The van der Waals surface area contributed by atoms with E-state index in [2.05, 4.69) is 125 Å². The van der Waals surface area contributed by atoms with Crippen LogP contribution in [0.5, 0.6) is 0 Å². The highest BCUT2D eigenvalue weighted by atomic mass is 32.1. The summed E-state index contributed by atoms with van der Waals surface area (Å²) in [5.41, 5.74) is 9.40. The Morgan fingerprint density at radius 2 is 1.02 bits per heavy atom. The molecule has 0 bridgehead atoms. The second kappa shape index (κ2) is 12.5. The van der Waals surface area contributed by atoms with Crippen molar-refractivity contribution in [2.75, 3.05) is 4.90 Å². The Bertz CT molecular complexity index is 2780. The normalized spacial score (nSPS) is 12.7. The van der Waals surface area contributed by atoms with Gasteiger partial charge in [-0.05, 0) is 88.5 Å². The number of para-hydroxylation sites is 2. The lowest BCUT2D eigenvalue weighted by Gasteiger charge is -2.24. The molecule has 0 N–H and O–H groups in total. The first-order valence-electron chi connectivity index (χ1n) is 18.7. The van der Waals surface area contributed by atoms with Crippen LogP contribution in [0.3, 0.4) is 0 Å². The number of hydrogen-bond acceptors (Lipinski definition) is 2. The molecule has 232 valence electrons. The number of rotatable bonds is 7. The van der Waals surface area contributed by atoms with Crippen molar-refractivity contribution in [3.8, 4) is 38.4 Å². The minimum atomic E-state index is -0.398. The predicted molar refractivity (Wildman–Crippen MR) is 210 cm³/mol. The van der Waals surface area contributed by atoms with E-state index in [1.807, 2.05) is 48.5 Å². The summed E-state index contributed by atoms with van der Waals surface area (Å²) < 4.78 is 43.8. The summed E-state index contributed by atoms with van der Waals surface area (Å²) in [4.78, 5) is 3.33. The van der Waals surface area contributed by atoms with Gasteiger partial charge in [0, 0.05) is 32.7 Å². The Morgan fingerprint density at radius 3 is 1.73 bits per heavy atom. The average molecular weight is 650 g/mol. The van der Waals surface area contributed by atoms with Crippen LogP contribution in [0.2, 0.25) is 0 Å². The smallest absolute Gasteiger partial charge is 0.101 e. The first-order valence-corrected chi connectivity index (χ1v) is 17.0. The first kappa shape index (κ1) is 24.1. The molecule has 0 fully saturated rings. The SMILES string of the molecule is [2H]c1c([2H])c([2H])c(-c2ccc(N(c3ccc(-c4ccccc4)cc3)c3ccc(-c4ccc5c6ccccc6n(-c6ccccc6)c5c4)s3)cc2)c([2H])c1[2H]. The van der Waals surface area contributed by atoms with Crippen molar-refractivity contribution in [3.63, 3.8) is 0 Å². The molecule has 0 unspecified atom stereocenters. The van der Waals surface area contributed by atoms with Crippen LogP contribution in [0.25, 0.3) is 60.2 Å². The molecule has 49 heavy (non-hydrogen) atoms. The van der Waals surface area contributed by atoms with Crippen molar-refractivity contribution >= 4 is 49.5 Å². The molecular formula is C46H32N2S. The standard InChI is InChI=1S/C46H32N2S/c1-4-12-33(13-5-1)35-20-25-39(26-21-35)47(40-27-22-36(23-28-40)34-14-6-2-7-15-34)46-31-30-45(49-46)37-24-29-42-41-18-10-11-19-43(41)48(44(42)32-37)38-16-8-3-9-17-38/h1-32H/i1D,4D,5D,12D,13D. The zero-order valence-corrected chi connectivity index (χ0v) is 27.2. The summed E-state index contributed by atoms with van der Waals surface area (Å²) in [6, 6.07) is 54.9. The predicted octanol–water partition coefficient (Wildman–Crippen LogP) is 13.3. The largest absolute Gasteiger partial charge is 0.309 e. The monoisotopic (exact) mass is 649 g/mol. The number of anilines is 3. The van der Waals surface area contributed by atoms with Gasteiger partial charge >= 0.3 is 0 Å². The third-order valence-corrected chi connectivity index (χ3v) is 10.1. The Kier molecular flexibility index (Phi) is 6.12. The number of hydrogen-bond donors (Lipinski definition) is 0. The van der Waals surface area contributed by atoms with Gasteiger partial charge in [0.05, 0.1) is 17.9 Å². The molecule has 2 nitrogen and oxygen atoms in total. The Balaban J connectivity index is 1.15. The first-order chi connectivity index (χ1) is 26.4. The van der Waals surface area contributed by atoms with E-state index in [-0.39, 0.29) is 29.7 Å². The summed E-state index contributed by atoms with van der Waals surface area (Å²) in [6.45, 7) is 0. The molecule has 0 saturated carbocycles. The van der Waals surface area contributed by atoms with Gasteiger partial charge < -0.3 is 9.47 Å². The van der Waals surface area contributed by atoms with Gasteiger partial charge in [0.2, 0.25) is 0 Å². The molecule has 7 aromatic carbocycles. The molecule has 0 aliphatic rings. The third-order valence-electron chi connectivity index (χ3n) is 8.93. The topological polar surface area (TPSA) is 8.17 Å². The fraction of sp³-hybridized carbons (Fsp3) is 0. The van der Waals surface area contributed by atoms with Gasteiger partial charge in [-0.2, -0.15) is 0 Å². The van der Waals surface area contributed by atoms with Gasteiger partial charge in [0.25, 0.3) is 0 Å². The van der Waals surface area contributed by atoms with E-state index >= 15 is 0 Å². The highest BCUT2D eigenvalue weighted by Crippen LogP contribution is 2.44. The van der Waals surface area contributed by atoms with E-state index in [0.29, 0.717) is 5.56 Å². The quantitative estimate of drug-likeness (QED) is 0.167. The van der Waals surface area contributed by atoms with E-state index in [9.17, 15) is 0 Å². The molecule has 0 aliphatic heterocycles. The fourth-order valence-electron chi connectivity index (χ4n) is 6.59. The second-order valence-corrected chi connectivity index (χ2v) is 12.9. The molecule has 9 rings (SSSR count). The van der Waals surface area contributed by atoms with E-state index < -0.39 is 6.04 Å². The summed E-state index contributed by atoms with van der Waals surface area (Å²) in [5, 5.41) is 3.43. The molecule has 2 heterocycles. The van der Waals surface area contributed by atoms with E-state index in [1.165, 1.54) is 16.3 Å². The van der Waals surface area contributed by atoms with E-state index in [1.54, 1.807) is 11.3 Å². The van der Waals surface area contributed by atoms with Gasteiger partial charge in [-0.3, -0.25) is 0 Å². The number of thiophene rings is 1. The maximum absolute atomic E-state index is 8.52.